The van der Waals surface area contributed by atoms with Crippen molar-refractivity contribution in [2.75, 3.05) is 7.05 Å². The van der Waals surface area contributed by atoms with Crippen LogP contribution in [0.5, 0.6) is 0 Å². The Hall–Kier alpha value is -1.68. The fraction of sp³-hybridized carbons (Fsp3) is 0.333. The molecule has 2 aromatic rings. The predicted octanol–water partition coefficient (Wildman–Crippen LogP) is 3.60. The highest BCUT2D eigenvalue weighted by Gasteiger charge is 2.17. The second-order valence-corrected chi connectivity index (χ2v) is 5.76. The summed E-state index contributed by atoms with van der Waals surface area (Å²) in [4.78, 5) is 19.7. The Bertz CT molecular complexity index is 576. The van der Waals surface area contributed by atoms with Crippen molar-refractivity contribution in [2.45, 2.75) is 26.8 Å². The number of amides is 1. The third-order valence-corrected chi connectivity index (χ3v) is 4.08. The third kappa shape index (κ3) is 2.84. The molecule has 0 N–H and O–H groups in total. The molecule has 1 amide bonds. The molecule has 0 aliphatic carbocycles. The first-order valence-electron chi connectivity index (χ1n) is 6.29. The zero-order valence-electron chi connectivity index (χ0n) is 11.7. The summed E-state index contributed by atoms with van der Waals surface area (Å²) in [7, 11) is 1.82. The lowest BCUT2D eigenvalue weighted by Crippen LogP contribution is -2.33. The molecule has 0 unspecified atom stereocenters. The van der Waals surface area contributed by atoms with Gasteiger partial charge in [0.15, 0.2) is 0 Å². The summed E-state index contributed by atoms with van der Waals surface area (Å²) in [6.45, 7) is 5.89. The maximum atomic E-state index is 12.3. The monoisotopic (exact) mass is 274 g/mol. The SMILES string of the molecule is Cc1nc(-c2cccs2)ccc1C(=O)N(C)C(C)C. The Morgan fingerprint density at radius 1 is 1.32 bits per heavy atom. The Kier molecular flexibility index (Phi) is 4.00. The summed E-state index contributed by atoms with van der Waals surface area (Å²) in [5.74, 6) is 0.0257. The predicted molar refractivity (Wildman–Crippen MR) is 79.5 cm³/mol. The Morgan fingerprint density at radius 2 is 2.05 bits per heavy atom. The molecule has 0 saturated heterocycles. The molecule has 0 aromatic carbocycles. The number of hydrogen-bond donors (Lipinski definition) is 0. The van der Waals surface area contributed by atoms with E-state index in [2.05, 4.69) is 4.98 Å². The zero-order chi connectivity index (χ0) is 14.0. The van der Waals surface area contributed by atoms with E-state index in [1.165, 1.54) is 0 Å². The van der Waals surface area contributed by atoms with Crippen LogP contribution in [0.4, 0.5) is 0 Å². The lowest BCUT2D eigenvalue weighted by atomic mass is 10.1. The van der Waals surface area contributed by atoms with Gasteiger partial charge in [-0.3, -0.25) is 9.78 Å². The van der Waals surface area contributed by atoms with Gasteiger partial charge >= 0.3 is 0 Å². The fourth-order valence-electron chi connectivity index (χ4n) is 1.77. The van der Waals surface area contributed by atoms with Gasteiger partial charge in [0.2, 0.25) is 0 Å². The molecule has 4 heteroatoms. The topological polar surface area (TPSA) is 33.2 Å². The van der Waals surface area contributed by atoms with Crippen molar-refractivity contribution in [1.29, 1.82) is 0 Å². The normalized spacial score (nSPS) is 10.8. The van der Waals surface area contributed by atoms with E-state index < -0.39 is 0 Å². The van der Waals surface area contributed by atoms with Crippen LogP contribution < -0.4 is 0 Å². The van der Waals surface area contributed by atoms with Gasteiger partial charge in [0.1, 0.15) is 0 Å². The van der Waals surface area contributed by atoms with Crippen LogP contribution in [-0.4, -0.2) is 28.9 Å². The summed E-state index contributed by atoms with van der Waals surface area (Å²) in [5.41, 5.74) is 2.39. The van der Waals surface area contributed by atoms with Crippen LogP contribution in [-0.2, 0) is 0 Å². The average molecular weight is 274 g/mol. The molecule has 0 bridgehead atoms. The number of aryl methyl sites for hydroxylation is 1. The fourth-order valence-corrected chi connectivity index (χ4v) is 2.47. The summed E-state index contributed by atoms with van der Waals surface area (Å²) in [6, 6.07) is 8.01. The summed E-state index contributed by atoms with van der Waals surface area (Å²) in [5, 5.41) is 2.03. The molecule has 19 heavy (non-hydrogen) atoms. The van der Waals surface area contributed by atoms with E-state index in [-0.39, 0.29) is 11.9 Å². The number of carbonyl (C=O) groups excluding carboxylic acids is 1. The molecular formula is C15H18N2OS. The van der Waals surface area contributed by atoms with Crippen molar-refractivity contribution in [3.63, 3.8) is 0 Å². The lowest BCUT2D eigenvalue weighted by Gasteiger charge is -2.22. The number of rotatable bonds is 3. The highest BCUT2D eigenvalue weighted by molar-refractivity contribution is 7.13. The number of hydrogen-bond acceptors (Lipinski definition) is 3. The van der Waals surface area contributed by atoms with Crippen LogP contribution in [0.25, 0.3) is 10.6 Å². The molecule has 0 fully saturated rings. The van der Waals surface area contributed by atoms with E-state index in [0.29, 0.717) is 5.56 Å². The van der Waals surface area contributed by atoms with Gasteiger partial charge in [-0.25, -0.2) is 0 Å². The van der Waals surface area contributed by atoms with Gasteiger partial charge < -0.3 is 4.90 Å². The minimum Gasteiger partial charge on any atom is -0.339 e. The second-order valence-electron chi connectivity index (χ2n) is 4.82. The van der Waals surface area contributed by atoms with E-state index in [1.54, 1.807) is 16.2 Å². The molecule has 0 aliphatic heterocycles. The Morgan fingerprint density at radius 3 is 2.58 bits per heavy atom. The van der Waals surface area contributed by atoms with Crippen LogP contribution in [0.2, 0.25) is 0 Å². The molecule has 0 aliphatic rings. The van der Waals surface area contributed by atoms with Gasteiger partial charge in [0.05, 0.1) is 21.8 Å². The number of carbonyl (C=O) groups is 1. The molecule has 2 rings (SSSR count). The third-order valence-electron chi connectivity index (χ3n) is 3.18. The first kappa shape index (κ1) is 13.7. The van der Waals surface area contributed by atoms with Crippen molar-refractivity contribution in [2.24, 2.45) is 0 Å². The highest BCUT2D eigenvalue weighted by Crippen LogP contribution is 2.24. The molecule has 2 heterocycles. The number of thiophene rings is 1. The van der Waals surface area contributed by atoms with Crippen LogP contribution in [0.1, 0.15) is 29.9 Å². The molecule has 0 atom stereocenters. The van der Waals surface area contributed by atoms with Crippen LogP contribution in [0, 0.1) is 6.92 Å². The first-order valence-corrected chi connectivity index (χ1v) is 7.17. The van der Waals surface area contributed by atoms with Gasteiger partial charge in [-0.1, -0.05) is 6.07 Å². The molecule has 0 saturated carbocycles. The Balaban J connectivity index is 2.32. The minimum absolute atomic E-state index is 0.0257. The summed E-state index contributed by atoms with van der Waals surface area (Å²) >= 11 is 1.65. The van der Waals surface area contributed by atoms with Crippen molar-refractivity contribution < 1.29 is 4.79 Å². The van der Waals surface area contributed by atoms with Crippen molar-refractivity contribution in [1.82, 2.24) is 9.88 Å². The smallest absolute Gasteiger partial charge is 0.255 e. The molecule has 0 radical (unpaired) electrons. The highest BCUT2D eigenvalue weighted by atomic mass is 32.1. The molecule has 100 valence electrons. The minimum atomic E-state index is 0.0257. The van der Waals surface area contributed by atoms with Crippen LogP contribution in [0.3, 0.4) is 0 Å². The second kappa shape index (κ2) is 5.53. The maximum absolute atomic E-state index is 12.3. The first-order chi connectivity index (χ1) is 9.00. The largest absolute Gasteiger partial charge is 0.339 e. The van der Waals surface area contributed by atoms with Crippen molar-refractivity contribution in [3.8, 4) is 10.6 Å². The van der Waals surface area contributed by atoms with Gasteiger partial charge in [-0.05, 0) is 44.4 Å². The average Bonchev–Trinajstić information content (AvgIpc) is 2.90. The van der Waals surface area contributed by atoms with E-state index >= 15 is 0 Å². The number of aromatic nitrogens is 1. The maximum Gasteiger partial charge on any atom is 0.255 e. The van der Waals surface area contributed by atoms with Gasteiger partial charge in [-0.15, -0.1) is 11.3 Å². The standard InChI is InChI=1S/C15H18N2OS/c1-10(2)17(4)15(18)12-7-8-13(16-11(12)3)14-6-5-9-19-14/h5-10H,1-4H3. The summed E-state index contributed by atoms with van der Waals surface area (Å²) in [6.07, 6.45) is 0. The molecule has 3 nitrogen and oxygen atoms in total. The van der Waals surface area contributed by atoms with Crippen LogP contribution in [0.15, 0.2) is 29.6 Å². The summed E-state index contributed by atoms with van der Waals surface area (Å²) < 4.78 is 0. The van der Waals surface area contributed by atoms with Crippen molar-refractivity contribution in [3.05, 3.63) is 40.9 Å². The van der Waals surface area contributed by atoms with E-state index in [1.807, 2.05) is 57.5 Å². The molecule has 0 spiro atoms. The lowest BCUT2D eigenvalue weighted by molar-refractivity contribution is 0.0754. The van der Waals surface area contributed by atoms with E-state index in [9.17, 15) is 4.79 Å². The zero-order valence-corrected chi connectivity index (χ0v) is 12.5. The molecule has 2 aromatic heterocycles. The van der Waals surface area contributed by atoms with Gasteiger partial charge in [0, 0.05) is 13.1 Å². The number of pyridine rings is 1. The quantitative estimate of drug-likeness (QED) is 0.856. The Labute approximate surface area is 117 Å². The number of nitrogens with zero attached hydrogens (tertiary/aromatic N) is 2. The van der Waals surface area contributed by atoms with Gasteiger partial charge in [0.25, 0.3) is 5.91 Å². The molecular weight excluding hydrogens is 256 g/mol. The van der Waals surface area contributed by atoms with Crippen molar-refractivity contribution >= 4 is 17.2 Å². The van der Waals surface area contributed by atoms with E-state index in [4.69, 9.17) is 0 Å². The van der Waals surface area contributed by atoms with Gasteiger partial charge in [-0.2, -0.15) is 0 Å². The van der Waals surface area contributed by atoms with E-state index in [0.717, 1.165) is 16.3 Å². The van der Waals surface area contributed by atoms with Crippen LogP contribution >= 0.6 is 11.3 Å².